The quantitative estimate of drug-likeness (QED) is 0.886. The summed E-state index contributed by atoms with van der Waals surface area (Å²) in [6.07, 6.45) is 3.37. The van der Waals surface area contributed by atoms with Crippen molar-refractivity contribution in [2.24, 2.45) is 11.7 Å². The molecule has 1 atom stereocenters. The van der Waals surface area contributed by atoms with Crippen LogP contribution in [0.1, 0.15) is 34.1 Å². The van der Waals surface area contributed by atoms with E-state index in [0.29, 0.717) is 13.1 Å². The first-order valence-corrected chi connectivity index (χ1v) is 6.68. The van der Waals surface area contributed by atoms with E-state index in [1.165, 1.54) is 16.9 Å². The Morgan fingerprint density at radius 2 is 2.41 bits per heavy atom. The molecule has 3 nitrogen and oxygen atoms in total. The first-order chi connectivity index (χ1) is 7.72. The van der Waals surface area contributed by atoms with E-state index in [2.05, 4.69) is 12.2 Å². The largest absolute Gasteiger partial charge is 0.351 e. The molecule has 96 valence electrons. The first-order valence-electron chi connectivity index (χ1n) is 5.80. The van der Waals surface area contributed by atoms with E-state index in [1.807, 2.05) is 5.38 Å². The molecule has 0 fully saturated rings. The van der Waals surface area contributed by atoms with Crippen LogP contribution in [0, 0.1) is 5.92 Å². The molecule has 1 unspecified atom stereocenters. The number of hydrogen-bond donors (Lipinski definition) is 2. The highest BCUT2D eigenvalue weighted by Crippen LogP contribution is 2.32. The Morgan fingerprint density at radius 3 is 3.12 bits per heavy atom. The summed E-state index contributed by atoms with van der Waals surface area (Å²) >= 11 is 1.73. The molecule has 0 aromatic carbocycles. The fraction of sp³-hybridized carbons (Fsp3) is 0.583. The van der Waals surface area contributed by atoms with E-state index < -0.39 is 0 Å². The van der Waals surface area contributed by atoms with Crippen molar-refractivity contribution >= 4 is 29.7 Å². The number of nitrogens with two attached hydrogens (primary N) is 1. The maximum absolute atomic E-state index is 11.9. The Balaban J connectivity index is 0.00000144. The minimum Gasteiger partial charge on any atom is -0.351 e. The van der Waals surface area contributed by atoms with E-state index >= 15 is 0 Å². The van der Waals surface area contributed by atoms with Crippen LogP contribution in [0.3, 0.4) is 0 Å². The zero-order chi connectivity index (χ0) is 11.5. The average Bonchev–Trinajstić information content (AvgIpc) is 2.68. The van der Waals surface area contributed by atoms with Gasteiger partial charge in [-0.15, -0.1) is 23.7 Å². The molecule has 17 heavy (non-hydrogen) atoms. The van der Waals surface area contributed by atoms with Gasteiger partial charge in [0.1, 0.15) is 0 Å². The lowest BCUT2D eigenvalue weighted by atomic mass is 9.88. The number of amides is 1. The van der Waals surface area contributed by atoms with Crippen molar-refractivity contribution in [3.63, 3.8) is 0 Å². The van der Waals surface area contributed by atoms with Gasteiger partial charge >= 0.3 is 0 Å². The van der Waals surface area contributed by atoms with Gasteiger partial charge in [0.05, 0.1) is 5.56 Å². The van der Waals surface area contributed by atoms with Crippen LogP contribution in [0.15, 0.2) is 5.38 Å². The van der Waals surface area contributed by atoms with Crippen molar-refractivity contribution in [2.75, 3.05) is 13.1 Å². The summed E-state index contributed by atoms with van der Waals surface area (Å²) < 4.78 is 0. The Morgan fingerprint density at radius 1 is 1.65 bits per heavy atom. The van der Waals surface area contributed by atoms with Gasteiger partial charge in [-0.3, -0.25) is 4.79 Å². The van der Waals surface area contributed by atoms with E-state index in [0.717, 1.165) is 24.3 Å². The molecule has 0 aliphatic heterocycles. The monoisotopic (exact) mass is 274 g/mol. The number of carbonyl (C=O) groups excluding carboxylic acids is 1. The molecule has 3 N–H and O–H groups in total. The van der Waals surface area contributed by atoms with Crippen LogP contribution in [0.4, 0.5) is 0 Å². The van der Waals surface area contributed by atoms with Gasteiger partial charge in [0.25, 0.3) is 5.91 Å². The molecule has 1 heterocycles. The summed E-state index contributed by atoms with van der Waals surface area (Å²) in [7, 11) is 0. The molecule has 1 aromatic rings. The molecule has 0 saturated heterocycles. The second kappa shape index (κ2) is 6.38. The van der Waals surface area contributed by atoms with Crippen LogP contribution >= 0.6 is 23.7 Å². The number of fused-ring (bicyclic) bond motifs is 1. The third-order valence-electron chi connectivity index (χ3n) is 3.08. The summed E-state index contributed by atoms with van der Waals surface area (Å²) in [5.74, 6) is 0.795. The second-order valence-corrected chi connectivity index (χ2v) is 5.41. The van der Waals surface area contributed by atoms with Crippen molar-refractivity contribution in [2.45, 2.75) is 26.2 Å². The van der Waals surface area contributed by atoms with Crippen LogP contribution < -0.4 is 11.1 Å². The molecule has 0 radical (unpaired) electrons. The molecular formula is C12H19ClN2OS. The lowest BCUT2D eigenvalue weighted by Gasteiger charge is -2.18. The van der Waals surface area contributed by atoms with Crippen LogP contribution in [-0.2, 0) is 12.8 Å². The minimum atomic E-state index is 0. The van der Waals surface area contributed by atoms with Gasteiger partial charge in [-0.25, -0.2) is 0 Å². The maximum Gasteiger partial charge on any atom is 0.252 e. The van der Waals surface area contributed by atoms with Gasteiger partial charge in [0, 0.05) is 23.3 Å². The zero-order valence-electron chi connectivity index (χ0n) is 9.99. The second-order valence-electron chi connectivity index (χ2n) is 4.44. The van der Waals surface area contributed by atoms with Crippen molar-refractivity contribution in [3.8, 4) is 0 Å². The summed E-state index contributed by atoms with van der Waals surface area (Å²) in [4.78, 5) is 13.3. The zero-order valence-corrected chi connectivity index (χ0v) is 11.6. The van der Waals surface area contributed by atoms with Gasteiger partial charge in [-0.05, 0) is 30.7 Å². The third-order valence-corrected chi connectivity index (χ3v) is 4.13. The predicted molar refractivity (Wildman–Crippen MR) is 74.1 cm³/mol. The van der Waals surface area contributed by atoms with Gasteiger partial charge in [0.15, 0.2) is 0 Å². The minimum absolute atomic E-state index is 0. The molecule has 1 aromatic heterocycles. The molecular weight excluding hydrogens is 256 g/mol. The molecule has 1 aliphatic rings. The highest BCUT2D eigenvalue weighted by atomic mass is 35.5. The molecule has 5 heteroatoms. The molecule has 1 aliphatic carbocycles. The molecule has 0 bridgehead atoms. The highest BCUT2D eigenvalue weighted by molar-refractivity contribution is 7.10. The van der Waals surface area contributed by atoms with E-state index in [9.17, 15) is 4.79 Å². The number of thiophene rings is 1. The lowest BCUT2D eigenvalue weighted by Crippen LogP contribution is -2.29. The van der Waals surface area contributed by atoms with E-state index in [4.69, 9.17) is 5.73 Å². The van der Waals surface area contributed by atoms with E-state index in [-0.39, 0.29) is 18.3 Å². The summed E-state index contributed by atoms with van der Waals surface area (Å²) in [6.45, 7) is 3.33. The van der Waals surface area contributed by atoms with Crippen molar-refractivity contribution in [3.05, 3.63) is 21.4 Å². The standard InChI is InChI=1S/C12H18N2OS.ClH/c1-8-2-3-9-10(7-16-11(9)6-8)12(15)14-5-4-13;/h7-8H,2-6,13H2,1H3,(H,14,15);1H. The molecule has 1 amide bonds. The summed E-state index contributed by atoms with van der Waals surface area (Å²) in [5, 5.41) is 4.83. The van der Waals surface area contributed by atoms with Gasteiger partial charge in [-0.2, -0.15) is 0 Å². The number of halogens is 1. The summed E-state index contributed by atoms with van der Waals surface area (Å²) in [6, 6.07) is 0. The topological polar surface area (TPSA) is 55.1 Å². The normalized spacial score (nSPS) is 18.1. The smallest absolute Gasteiger partial charge is 0.252 e. The van der Waals surface area contributed by atoms with E-state index in [1.54, 1.807) is 11.3 Å². The Labute approximate surface area is 112 Å². The average molecular weight is 275 g/mol. The van der Waals surface area contributed by atoms with Gasteiger partial charge < -0.3 is 11.1 Å². The van der Waals surface area contributed by atoms with Gasteiger partial charge in [0.2, 0.25) is 0 Å². The van der Waals surface area contributed by atoms with Crippen molar-refractivity contribution in [1.29, 1.82) is 0 Å². The lowest BCUT2D eigenvalue weighted by molar-refractivity contribution is 0.0954. The van der Waals surface area contributed by atoms with Crippen molar-refractivity contribution < 1.29 is 4.79 Å². The first kappa shape index (κ1) is 14.5. The van der Waals surface area contributed by atoms with Crippen LogP contribution in [0.25, 0.3) is 0 Å². The molecule has 0 saturated carbocycles. The molecule has 2 rings (SSSR count). The summed E-state index contributed by atoms with van der Waals surface area (Å²) in [5.41, 5.74) is 7.52. The van der Waals surface area contributed by atoms with Crippen LogP contribution in [-0.4, -0.2) is 19.0 Å². The SMILES string of the molecule is CC1CCc2c(C(=O)NCCN)csc2C1.Cl. The van der Waals surface area contributed by atoms with Gasteiger partial charge in [-0.1, -0.05) is 6.92 Å². The third kappa shape index (κ3) is 3.21. The van der Waals surface area contributed by atoms with Crippen LogP contribution in [0.2, 0.25) is 0 Å². The Hall–Kier alpha value is -0.580. The number of hydrogen-bond acceptors (Lipinski definition) is 3. The Bertz CT molecular complexity index is 392. The number of carbonyl (C=O) groups is 1. The fourth-order valence-corrected chi connectivity index (χ4v) is 3.39. The predicted octanol–water partition coefficient (Wildman–Crippen LogP) is 1.98. The fourth-order valence-electron chi connectivity index (χ4n) is 2.15. The Kier molecular flexibility index (Phi) is 5.43. The van der Waals surface area contributed by atoms with Crippen LogP contribution in [0.5, 0.6) is 0 Å². The molecule has 0 spiro atoms. The number of nitrogens with one attached hydrogen (secondary N) is 1. The highest BCUT2D eigenvalue weighted by Gasteiger charge is 2.22. The number of rotatable bonds is 3. The van der Waals surface area contributed by atoms with Crippen molar-refractivity contribution in [1.82, 2.24) is 5.32 Å². The maximum atomic E-state index is 11.9.